The monoisotopic (exact) mass is 247 g/mol. The standard InChI is InChI=1S/C13H13NO2S/c1-14(8-10-5-6-17-9-10)13(16)11-3-2-4-12(15)7-11/h2-7,9,15H,8H2,1H3. The third kappa shape index (κ3) is 2.85. The molecule has 2 rings (SSSR count). The van der Waals surface area contributed by atoms with Crippen LogP contribution < -0.4 is 0 Å². The van der Waals surface area contributed by atoms with Crippen LogP contribution in [0.2, 0.25) is 0 Å². The van der Waals surface area contributed by atoms with Crippen molar-refractivity contribution in [1.29, 1.82) is 0 Å². The largest absolute Gasteiger partial charge is 0.508 e. The van der Waals surface area contributed by atoms with E-state index in [0.29, 0.717) is 12.1 Å². The lowest BCUT2D eigenvalue weighted by molar-refractivity contribution is 0.0785. The molecule has 1 amide bonds. The van der Waals surface area contributed by atoms with Gasteiger partial charge in [0, 0.05) is 19.2 Å². The number of thiophene rings is 1. The fraction of sp³-hybridized carbons (Fsp3) is 0.154. The van der Waals surface area contributed by atoms with Gasteiger partial charge in [-0.2, -0.15) is 11.3 Å². The van der Waals surface area contributed by atoms with Gasteiger partial charge in [0.25, 0.3) is 5.91 Å². The lowest BCUT2D eigenvalue weighted by Crippen LogP contribution is -2.25. The summed E-state index contributed by atoms with van der Waals surface area (Å²) in [6, 6.07) is 8.40. The zero-order valence-electron chi connectivity index (χ0n) is 9.46. The van der Waals surface area contributed by atoms with Crippen molar-refractivity contribution >= 4 is 17.2 Å². The molecule has 0 fully saturated rings. The molecule has 4 heteroatoms. The van der Waals surface area contributed by atoms with Crippen LogP contribution >= 0.6 is 11.3 Å². The fourth-order valence-electron chi connectivity index (χ4n) is 1.59. The molecule has 0 spiro atoms. The van der Waals surface area contributed by atoms with Gasteiger partial charge < -0.3 is 10.0 Å². The number of carbonyl (C=O) groups is 1. The molecule has 0 radical (unpaired) electrons. The first kappa shape index (κ1) is 11.7. The maximum atomic E-state index is 12.0. The Morgan fingerprint density at radius 1 is 1.41 bits per heavy atom. The molecule has 3 nitrogen and oxygen atoms in total. The van der Waals surface area contributed by atoms with Crippen molar-refractivity contribution in [2.24, 2.45) is 0 Å². The second-order valence-corrected chi connectivity index (χ2v) is 4.62. The summed E-state index contributed by atoms with van der Waals surface area (Å²) in [5, 5.41) is 13.3. The van der Waals surface area contributed by atoms with E-state index in [9.17, 15) is 9.90 Å². The quantitative estimate of drug-likeness (QED) is 0.906. The van der Waals surface area contributed by atoms with Crippen molar-refractivity contribution in [3.8, 4) is 5.75 Å². The Hall–Kier alpha value is -1.81. The van der Waals surface area contributed by atoms with Crippen LogP contribution in [0.4, 0.5) is 0 Å². The summed E-state index contributed by atoms with van der Waals surface area (Å²) in [5.41, 5.74) is 1.62. The normalized spacial score (nSPS) is 10.2. The number of aromatic hydroxyl groups is 1. The maximum absolute atomic E-state index is 12.0. The molecule has 1 aromatic carbocycles. The van der Waals surface area contributed by atoms with E-state index in [2.05, 4.69) is 0 Å². The van der Waals surface area contributed by atoms with Crippen molar-refractivity contribution in [2.75, 3.05) is 7.05 Å². The van der Waals surface area contributed by atoms with Gasteiger partial charge in [0.2, 0.25) is 0 Å². The maximum Gasteiger partial charge on any atom is 0.254 e. The van der Waals surface area contributed by atoms with E-state index in [1.54, 1.807) is 41.5 Å². The molecule has 17 heavy (non-hydrogen) atoms. The summed E-state index contributed by atoms with van der Waals surface area (Å²) >= 11 is 1.61. The highest BCUT2D eigenvalue weighted by molar-refractivity contribution is 7.07. The van der Waals surface area contributed by atoms with Crippen LogP contribution in [0.1, 0.15) is 15.9 Å². The van der Waals surface area contributed by atoms with Gasteiger partial charge in [0.05, 0.1) is 0 Å². The number of phenolic OH excluding ortho intramolecular Hbond substituents is 1. The Morgan fingerprint density at radius 3 is 2.88 bits per heavy atom. The Balaban J connectivity index is 2.09. The zero-order chi connectivity index (χ0) is 12.3. The first-order valence-corrected chi connectivity index (χ1v) is 6.16. The van der Waals surface area contributed by atoms with Crippen molar-refractivity contribution in [1.82, 2.24) is 4.90 Å². The Morgan fingerprint density at radius 2 is 2.24 bits per heavy atom. The molecule has 1 N–H and O–H groups in total. The zero-order valence-corrected chi connectivity index (χ0v) is 10.3. The molecule has 0 saturated heterocycles. The van der Waals surface area contributed by atoms with E-state index in [4.69, 9.17) is 0 Å². The summed E-state index contributed by atoms with van der Waals surface area (Å²) in [6.07, 6.45) is 0. The van der Waals surface area contributed by atoms with Crippen LogP contribution in [0.3, 0.4) is 0 Å². The van der Waals surface area contributed by atoms with Crippen molar-refractivity contribution < 1.29 is 9.90 Å². The number of phenols is 1. The SMILES string of the molecule is CN(Cc1ccsc1)C(=O)c1cccc(O)c1. The third-order valence-electron chi connectivity index (χ3n) is 2.44. The molecule has 0 aliphatic carbocycles. The van der Waals surface area contributed by atoms with Gasteiger partial charge in [-0.3, -0.25) is 4.79 Å². The first-order valence-electron chi connectivity index (χ1n) is 5.22. The molecule has 0 bridgehead atoms. The Labute approximate surface area is 104 Å². The summed E-state index contributed by atoms with van der Waals surface area (Å²) in [7, 11) is 1.75. The molecule has 0 aliphatic rings. The van der Waals surface area contributed by atoms with Crippen LogP contribution in [0.5, 0.6) is 5.75 Å². The summed E-state index contributed by atoms with van der Waals surface area (Å²) < 4.78 is 0. The number of amides is 1. The second kappa shape index (κ2) is 5.01. The van der Waals surface area contributed by atoms with E-state index < -0.39 is 0 Å². The number of hydrogen-bond acceptors (Lipinski definition) is 3. The molecule has 1 aromatic heterocycles. The third-order valence-corrected chi connectivity index (χ3v) is 3.17. The van der Waals surface area contributed by atoms with Crippen molar-refractivity contribution in [3.63, 3.8) is 0 Å². The van der Waals surface area contributed by atoms with Gasteiger partial charge in [-0.15, -0.1) is 0 Å². The van der Waals surface area contributed by atoms with Crippen LogP contribution in [-0.2, 0) is 6.54 Å². The molecule has 1 heterocycles. The van der Waals surface area contributed by atoms with E-state index in [1.807, 2.05) is 16.8 Å². The molecule has 88 valence electrons. The first-order chi connectivity index (χ1) is 8.16. The average molecular weight is 247 g/mol. The van der Waals surface area contributed by atoms with E-state index >= 15 is 0 Å². The second-order valence-electron chi connectivity index (χ2n) is 3.84. The van der Waals surface area contributed by atoms with Crippen LogP contribution in [0.15, 0.2) is 41.1 Å². The van der Waals surface area contributed by atoms with E-state index in [0.717, 1.165) is 5.56 Å². The molecule has 0 atom stereocenters. The molecular formula is C13H13NO2S. The minimum absolute atomic E-state index is 0.0906. The smallest absolute Gasteiger partial charge is 0.254 e. The van der Waals surface area contributed by atoms with E-state index in [1.165, 1.54) is 6.07 Å². The number of benzene rings is 1. The number of nitrogens with zero attached hydrogens (tertiary/aromatic N) is 1. The summed E-state index contributed by atoms with van der Waals surface area (Å²) in [4.78, 5) is 13.7. The fourth-order valence-corrected chi connectivity index (χ4v) is 2.25. The van der Waals surface area contributed by atoms with Crippen molar-refractivity contribution in [2.45, 2.75) is 6.54 Å². The predicted octanol–water partition coefficient (Wildman–Crippen LogP) is 2.73. The van der Waals surface area contributed by atoms with Crippen LogP contribution in [-0.4, -0.2) is 23.0 Å². The van der Waals surface area contributed by atoms with Crippen molar-refractivity contribution in [3.05, 3.63) is 52.2 Å². The highest BCUT2D eigenvalue weighted by Gasteiger charge is 2.12. The molecule has 0 unspecified atom stereocenters. The van der Waals surface area contributed by atoms with Gasteiger partial charge in [0.1, 0.15) is 5.75 Å². The minimum atomic E-state index is -0.0906. The van der Waals surface area contributed by atoms with Gasteiger partial charge in [0.15, 0.2) is 0 Å². The lowest BCUT2D eigenvalue weighted by atomic mass is 10.2. The highest BCUT2D eigenvalue weighted by atomic mass is 32.1. The molecule has 0 aliphatic heterocycles. The Kier molecular flexibility index (Phi) is 3.44. The molecule has 0 saturated carbocycles. The number of rotatable bonds is 3. The molecular weight excluding hydrogens is 234 g/mol. The lowest BCUT2D eigenvalue weighted by Gasteiger charge is -2.16. The average Bonchev–Trinajstić information content (AvgIpc) is 2.80. The van der Waals surface area contributed by atoms with Crippen LogP contribution in [0, 0.1) is 0 Å². The Bertz CT molecular complexity index is 508. The minimum Gasteiger partial charge on any atom is -0.508 e. The van der Waals surface area contributed by atoms with Gasteiger partial charge in [-0.05, 0) is 40.6 Å². The summed E-state index contributed by atoms with van der Waals surface area (Å²) in [6.45, 7) is 0.581. The summed E-state index contributed by atoms with van der Waals surface area (Å²) in [5.74, 6) is 0.0203. The topological polar surface area (TPSA) is 40.5 Å². The number of hydrogen-bond donors (Lipinski definition) is 1. The highest BCUT2D eigenvalue weighted by Crippen LogP contribution is 2.14. The predicted molar refractivity (Wildman–Crippen MR) is 68.2 cm³/mol. The number of carbonyl (C=O) groups excluding carboxylic acids is 1. The van der Waals surface area contributed by atoms with Gasteiger partial charge in [-0.25, -0.2) is 0 Å². The van der Waals surface area contributed by atoms with Gasteiger partial charge in [-0.1, -0.05) is 6.07 Å². The van der Waals surface area contributed by atoms with E-state index in [-0.39, 0.29) is 11.7 Å². The van der Waals surface area contributed by atoms with Crippen LogP contribution in [0.25, 0.3) is 0 Å². The molecule has 2 aromatic rings. The van der Waals surface area contributed by atoms with Gasteiger partial charge >= 0.3 is 0 Å².